The highest BCUT2D eigenvalue weighted by Gasteiger charge is 2.12. The first kappa shape index (κ1) is 17.4. The minimum Gasteiger partial charge on any atom is -0.339 e. The number of nitrogens with zero attached hydrogens (tertiary/aromatic N) is 2. The largest absolute Gasteiger partial charge is 0.339 e. The standard InChI is InChI=1S/C17H12Cl2FN3O2/c18-13-5-4-12(9-14(13)19)21-15(24)6-7-16-22-17(23-25-16)10-2-1-3-11(20)8-10/h1-5,8-9H,6-7H2,(H,21,24). The summed E-state index contributed by atoms with van der Waals surface area (Å²) in [7, 11) is 0. The van der Waals surface area contributed by atoms with Gasteiger partial charge in [-0.25, -0.2) is 4.39 Å². The Hall–Kier alpha value is -2.44. The molecule has 25 heavy (non-hydrogen) atoms. The number of carbonyl (C=O) groups excluding carboxylic acids is 1. The van der Waals surface area contributed by atoms with Gasteiger partial charge in [-0.15, -0.1) is 0 Å². The van der Waals surface area contributed by atoms with Crippen molar-refractivity contribution in [2.24, 2.45) is 0 Å². The van der Waals surface area contributed by atoms with E-state index in [1.54, 1.807) is 30.3 Å². The molecule has 0 aliphatic heterocycles. The van der Waals surface area contributed by atoms with Crippen molar-refractivity contribution in [3.8, 4) is 11.4 Å². The molecule has 2 aromatic carbocycles. The molecule has 0 bridgehead atoms. The van der Waals surface area contributed by atoms with Gasteiger partial charge in [-0.3, -0.25) is 4.79 Å². The van der Waals surface area contributed by atoms with E-state index < -0.39 is 0 Å². The van der Waals surface area contributed by atoms with Crippen LogP contribution in [0.15, 0.2) is 47.0 Å². The molecule has 8 heteroatoms. The number of amides is 1. The highest BCUT2D eigenvalue weighted by molar-refractivity contribution is 6.42. The number of hydrogen-bond acceptors (Lipinski definition) is 4. The molecule has 1 N–H and O–H groups in total. The van der Waals surface area contributed by atoms with Gasteiger partial charge in [-0.05, 0) is 30.3 Å². The van der Waals surface area contributed by atoms with E-state index in [9.17, 15) is 9.18 Å². The maximum Gasteiger partial charge on any atom is 0.227 e. The van der Waals surface area contributed by atoms with Crippen LogP contribution in [0.5, 0.6) is 0 Å². The summed E-state index contributed by atoms with van der Waals surface area (Å²) in [6.07, 6.45) is 0.403. The van der Waals surface area contributed by atoms with Crippen LogP contribution < -0.4 is 5.32 Å². The smallest absolute Gasteiger partial charge is 0.227 e. The van der Waals surface area contributed by atoms with Crippen LogP contribution in [0.25, 0.3) is 11.4 Å². The molecule has 0 unspecified atom stereocenters. The fraction of sp³-hybridized carbons (Fsp3) is 0.118. The first-order valence-electron chi connectivity index (χ1n) is 7.35. The number of aromatic nitrogens is 2. The van der Waals surface area contributed by atoms with E-state index in [4.69, 9.17) is 27.7 Å². The van der Waals surface area contributed by atoms with Gasteiger partial charge in [0, 0.05) is 24.1 Å². The van der Waals surface area contributed by atoms with Crippen molar-refractivity contribution in [1.29, 1.82) is 0 Å². The van der Waals surface area contributed by atoms with Gasteiger partial charge in [0.05, 0.1) is 10.0 Å². The van der Waals surface area contributed by atoms with Gasteiger partial charge >= 0.3 is 0 Å². The monoisotopic (exact) mass is 379 g/mol. The van der Waals surface area contributed by atoms with Gasteiger partial charge < -0.3 is 9.84 Å². The topological polar surface area (TPSA) is 68.0 Å². The Morgan fingerprint density at radius 3 is 2.76 bits per heavy atom. The summed E-state index contributed by atoms with van der Waals surface area (Å²) in [6, 6.07) is 10.7. The van der Waals surface area contributed by atoms with E-state index in [2.05, 4.69) is 15.5 Å². The third-order valence-electron chi connectivity index (χ3n) is 3.32. The lowest BCUT2D eigenvalue weighted by atomic mass is 10.2. The number of rotatable bonds is 5. The summed E-state index contributed by atoms with van der Waals surface area (Å²) in [5.41, 5.74) is 1.06. The highest BCUT2D eigenvalue weighted by atomic mass is 35.5. The summed E-state index contributed by atoms with van der Waals surface area (Å²) in [5, 5.41) is 7.27. The number of benzene rings is 2. The average Bonchev–Trinajstić information content (AvgIpc) is 3.05. The van der Waals surface area contributed by atoms with Gasteiger partial charge in [-0.1, -0.05) is 40.5 Å². The molecule has 0 aliphatic carbocycles. The number of anilines is 1. The van der Waals surface area contributed by atoms with E-state index in [0.29, 0.717) is 27.2 Å². The number of hydrogen-bond donors (Lipinski definition) is 1. The second-order valence-corrected chi connectivity index (χ2v) is 6.01. The lowest BCUT2D eigenvalue weighted by Gasteiger charge is -2.05. The first-order valence-corrected chi connectivity index (χ1v) is 8.10. The first-order chi connectivity index (χ1) is 12.0. The van der Waals surface area contributed by atoms with Gasteiger partial charge in [0.15, 0.2) is 0 Å². The van der Waals surface area contributed by atoms with Crippen molar-refractivity contribution in [2.45, 2.75) is 12.8 Å². The Labute approximate surface area is 152 Å². The van der Waals surface area contributed by atoms with Crippen LogP contribution in [-0.4, -0.2) is 16.0 Å². The molecular formula is C17H12Cl2FN3O2. The summed E-state index contributed by atoms with van der Waals surface area (Å²) in [5.74, 6) is -0.0447. The fourth-order valence-electron chi connectivity index (χ4n) is 2.12. The van der Waals surface area contributed by atoms with Crippen molar-refractivity contribution >= 4 is 34.8 Å². The number of aryl methyl sites for hydroxylation is 1. The van der Waals surface area contributed by atoms with Crippen molar-refractivity contribution in [3.05, 3.63) is 64.2 Å². The van der Waals surface area contributed by atoms with Crippen LogP contribution >= 0.6 is 23.2 Å². The maximum atomic E-state index is 13.2. The lowest BCUT2D eigenvalue weighted by molar-refractivity contribution is -0.116. The minimum atomic E-state index is -0.384. The molecule has 0 saturated carbocycles. The molecule has 0 saturated heterocycles. The fourth-order valence-corrected chi connectivity index (χ4v) is 2.42. The Balaban J connectivity index is 1.58. The second-order valence-electron chi connectivity index (χ2n) is 5.20. The molecule has 0 spiro atoms. The van der Waals surface area contributed by atoms with Crippen molar-refractivity contribution in [2.75, 3.05) is 5.32 Å². The molecule has 3 aromatic rings. The summed E-state index contributed by atoms with van der Waals surface area (Å²) >= 11 is 11.7. The third kappa shape index (κ3) is 4.55. The minimum absolute atomic E-state index is 0.144. The molecular weight excluding hydrogens is 368 g/mol. The molecule has 1 amide bonds. The molecule has 5 nitrogen and oxygen atoms in total. The number of nitrogens with one attached hydrogen (secondary N) is 1. The van der Waals surface area contributed by atoms with E-state index >= 15 is 0 Å². The van der Waals surface area contributed by atoms with Crippen LogP contribution in [-0.2, 0) is 11.2 Å². The van der Waals surface area contributed by atoms with Crippen LogP contribution in [0.1, 0.15) is 12.3 Å². The average molecular weight is 380 g/mol. The van der Waals surface area contributed by atoms with Crippen molar-refractivity contribution in [1.82, 2.24) is 10.1 Å². The highest BCUT2D eigenvalue weighted by Crippen LogP contribution is 2.25. The molecule has 1 aromatic heterocycles. The van der Waals surface area contributed by atoms with Crippen LogP contribution in [0, 0.1) is 5.82 Å². The van der Waals surface area contributed by atoms with Crippen LogP contribution in [0.3, 0.4) is 0 Å². The summed E-state index contributed by atoms with van der Waals surface area (Å²) in [6.45, 7) is 0. The van der Waals surface area contributed by atoms with E-state index in [0.717, 1.165) is 0 Å². The predicted molar refractivity (Wildman–Crippen MR) is 93.1 cm³/mol. The summed E-state index contributed by atoms with van der Waals surface area (Å²) in [4.78, 5) is 16.1. The Bertz CT molecular complexity index is 914. The predicted octanol–water partition coefficient (Wildman–Crippen LogP) is 4.75. The Morgan fingerprint density at radius 1 is 1.16 bits per heavy atom. The van der Waals surface area contributed by atoms with Crippen LogP contribution in [0.4, 0.5) is 10.1 Å². The normalized spacial score (nSPS) is 10.7. The van der Waals surface area contributed by atoms with E-state index in [-0.39, 0.29) is 30.4 Å². The molecule has 128 valence electrons. The Morgan fingerprint density at radius 2 is 2.00 bits per heavy atom. The lowest BCUT2D eigenvalue weighted by Crippen LogP contribution is -2.12. The van der Waals surface area contributed by atoms with Crippen molar-refractivity contribution in [3.63, 3.8) is 0 Å². The zero-order valence-corrected chi connectivity index (χ0v) is 14.3. The zero-order valence-electron chi connectivity index (χ0n) is 12.8. The van der Waals surface area contributed by atoms with Gasteiger partial charge in [0.1, 0.15) is 5.82 Å². The molecule has 0 atom stereocenters. The second kappa shape index (κ2) is 7.63. The quantitative estimate of drug-likeness (QED) is 0.694. The molecule has 0 fully saturated rings. The van der Waals surface area contributed by atoms with Crippen molar-refractivity contribution < 1.29 is 13.7 Å². The zero-order chi connectivity index (χ0) is 17.8. The van der Waals surface area contributed by atoms with E-state index in [1.165, 1.54) is 12.1 Å². The summed E-state index contributed by atoms with van der Waals surface area (Å²) < 4.78 is 18.3. The van der Waals surface area contributed by atoms with Gasteiger partial charge in [-0.2, -0.15) is 4.98 Å². The van der Waals surface area contributed by atoms with Gasteiger partial charge in [0.2, 0.25) is 17.6 Å². The maximum absolute atomic E-state index is 13.2. The number of halogens is 3. The molecule has 0 aliphatic rings. The molecule has 0 radical (unpaired) electrons. The SMILES string of the molecule is O=C(CCc1nc(-c2cccc(F)c2)no1)Nc1ccc(Cl)c(Cl)c1. The molecule has 3 rings (SSSR count). The van der Waals surface area contributed by atoms with Crippen LogP contribution in [0.2, 0.25) is 10.0 Å². The number of carbonyl (C=O) groups is 1. The third-order valence-corrected chi connectivity index (χ3v) is 4.06. The van der Waals surface area contributed by atoms with Gasteiger partial charge in [0.25, 0.3) is 0 Å². The Kier molecular flexibility index (Phi) is 5.31. The molecule has 1 heterocycles. The van der Waals surface area contributed by atoms with E-state index in [1.807, 2.05) is 0 Å².